The second-order valence-electron chi connectivity index (χ2n) is 5.10. The Hall–Kier alpha value is -1.39. The van der Waals surface area contributed by atoms with E-state index in [0.29, 0.717) is 18.1 Å². The van der Waals surface area contributed by atoms with Crippen LogP contribution in [0.25, 0.3) is 5.57 Å². The smallest absolute Gasteiger partial charge is 0.253 e. The van der Waals surface area contributed by atoms with E-state index in [9.17, 15) is 4.79 Å². The summed E-state index contributed by atoms with van der Waals surface area (Å²) in [6, 6.07) is 1.49. The van der Waals surface area contributed by atoms with Gasteiger partial charge in [-0.2, -0.15) is 0 Å². The molecule has 0 aliphatic carbocycles. The topological polar surface area (TPSA) is 44.1 Å². The second kappa shape index (κ2) is 7.57. The number of rotatable bonds is 5. The Balaban J connectivity index is 3.48. The summed E-state index contributed by atoms with van der Waals surface area (Å²) in [5.41, 5.74) is 3.46. The number of halogens is 1. The van der Waals surface area contributed by atoms with Crippen LogP contribution in [0.2, 0.25) is 0 Å². The van der Waals surface area contributed by atoms with Crippen molar-refractivity contribution in [2.45, 2.75) is 40.7 Å². The molecule has 0 saturated carbocycles. The van der Waals surface area contributed by atoms with Gasteiger partial charge in [-0.25, -0.2) is 4.98 Å². The van der Waals surface area contributed by atoms with Crippen LogP contribution in [0.3, 0.4) is 0 Å². The maximum absolute atomic E-state index is 12.0. The summed E-state index contributed by atoms with van der Waals surface area (Å²) in [6.45, 7) is 8.26. The van der Waals surface area contributed by atoms with Gasteiger partial charge in [0.25, 0.3) is 5.56 Å². The Labute approximate surface area is 131 Å². The molecule has 0 fully saturated rings. The molecule has 5 heteroatoms. The second-order valence-corrected chi connectivity index (χ2v) is 5.48. The minimum atomic E-state index is -0.105. The van der Waals surface area contributed by atoms with Crippen LogP contribution in [0.5, 0.6) is 0 Å². The van der Waals surface area contributed by atoms with Gasteiger partial charge < -0.3 is 4.74 Å². The lowest BCUT2D eigenvalue weighted by molar-refractivity contribution is 0.181. The van der Waals surface area contributed by atoms with Gasteiger partial charge in [-0.1, -0.05) is 24.1 Å². The van der Waals surface area contributed by atoms with Crippen molar-refractivity contribution in [1.82, 2.24) is 9.55 Å². The molecule has 0 bridgehead atoms. The van der Waals surface area contributed by atoms with Crippen molar-refractivity contribution in [3.8, 4) is 0 Å². The molecule has 0 atom stereocenters. The molecule has 0 radical (unpaired) electrons. The largest absolute Gasteiger partial charge is 0.378 e. The quantitative estimate of drug-likeness (QED) is 0.780. The van der Waals surface area contributed by atoms with Gasteiger partial charge in [-0.15, -0.1) is 0 Å². The third-order valence-electron chi connectivity index (χ3n) is 3.61. The first kappa shape index (κ1) is 17.7. The summed E-state index contributed by atoms with van der Waals surface area (Å²) in [4.78, 5) is 16.5. The highest BCUT2D eigenvalue weighted by Gasteiger charge is 2.12. The molecule has 0 N–H and O–H groups in total. The SMILES string of the molecule is CC/C(C)=C(Cl)/C(C)=C(/C)c1nc(COC)cc(=O)n1C. The molecule has 0 spiro atoms. The van der Waals surface area contributed by atoms with Gasteiger partial charge in [0.15, 0.2) is 0 Å². The van der Waals surface area contributed by atoms with Crippen molar-refractivity contribution in [1.29, 1.82) is 0 Å². The molecule has 1 heterocycles. The van der Waals surface area contributed by atoms with E-state index in [1.54, 1.807) is 14.2 Å². The molecule has 1 aromatic rings. The molecule has 0 amide bonds. The van der Waals surface area contributed by atoms with Crippen LogP contribution in [0, 0.1) is 0 Å². The van der Waals surface area contributed by atoms with Crippen LogP contribution in [0.1, 0.15) is 45.6 Å². The lowest BCUT2D eigenvalue weighted by Gasteiger charge is -2.13. The molecular weight excluding hydrogens is 288 g/mol. The zero-order chi connectivity index (χ0) is 16.2. The average molecular weight is 311 g/mol. The molecule has 0 aliphatic heterocycles. The summed E-state index contributed by atoms with van der Waals surface area (Å²) in [5.74, 6) is 0.620. The van der Waals surface area contributed by atoms with Crippen molar-refractivity contribution < 1.29 is 4.74 Å². The lowest BCUT2D eigenvalue weighted by atomic mass is 10.1. The monoisotopic (exact) mass is 310 g/mol. The summed E-state index contributed by atoms with van der Waals surface area (Å²) in [5, 5.41) is 0.737. The minimum Gasteiger partial charge on any atom is -0.378 e. The van der Waals surface area contributed by atoms with Crippen LogP contribution < -0.4 is 5.56 Å². The number of allylic oxidation sites excluding steroid dienone is 4. The van der Waals surface area contributed by atoms with E-state index >= 15 is 0 Å². The Morgan fingerprint density at radius 3 is 2.52 bits per heavy atom. The summed E-state index contributed by atoms with van der Waals surface area (Å²) < 4.78 is 6.59. The van der Waals surface area contributed by atoms with Gasteiger partial charge in [0, 0.05) is 25.3 Å². The van der Waals surface area contributed by atoms with Gasteiger partial charge in [0.2, 0.25) is 0 Å². The van der Waals surface area contributed by atoms with Gasteiger partial charge in [-0.05, 0) is 38.3 Å². The average Bonchev–Trinajstić information content (AvgIpc) is 2.47. The molecule has 4 nitrogen and oxygen atoms in total. The van der Waals surface area contributed by atoms with Crippen LogP contribution in [-0.4, -0.2) is 16.7 Å². The fourth-order valence-corrected chi connectivity index (χ4v) is 2.23. The number of aromatic nitrogens is 2. The molecule has 1 rings (SSSR count). The van der Waals surface area contributed by atoms with Crippen molar-refractivity contribution in [3.63, 3.8) is 0 Å². The third-order valence-corrected chi connectivity index (χ3v) is 4.22. The zero-order valence-corrected chi connectivity index (χ0v) is 14.3. The number of ether oxygens (including phenoxy) is 1. The van der Waals surface area contributed by atoms with E-state index in [1.165, 1.54) is 10.6 Å². The van der Waals surface area contributed by atoms with E-state index in [-0.39, 0.29) is 5.56 Å². The van der Waals surface area contributed by atoms with Gasteiger partial charge >= 0.3 is 0 Å². The standard InChI is InChI=1S/C16H23ClN2O2/c1-7-10(2)15(17)11(3)12(4)16-18-13(9-21-6)8-14(20)19(16)5/h8H,7,9H2,1-6H3/b12-11-,15-10-. The molecule has 0 aromatic carbocycles. The third kappa shape index (κ3) is 4.05. The fraction of sp³-hybridized carbons (Fsp3) is 0.500. The predicted octanol–water partition coefficient (Wildman–Crippen LogP) is 3.64. The highest BCUT2D eigenvalue weighted by atomic mass is 35.5. The minimum absolute atomic E-state index is 0.105. The molecule has 0 aliphatic rings. The first-order chi connectivity index (χ1) is 9.83. The van der Waals surface area contributed by atoms with Crippen molar-refractivity contribution in [2.75, 3.05) is 7.11 Å². The van der Waals surface area contributed by atoms with Crippen molar-refractivity contribution in [2.24, 2.45) is 7.05 Å². The van der Waals surface area contributed by atoms with Gasteiger partial charge in [0.05, 0.1) is 12.3 Å². The Morgan fingerprint density at radius 2 is 2.00 bits per heavy atom. The van der Waals surface area contributed by atoms with Crippen molar-refractivity contribution >= 4 is 17.2 Å². The molecule has 116 valence electrons. The number of methoxy groups -OCH3 is 1. The fourth-order valence-electron chi connectivity index (χ4n) is 1.95. The maximum atomic E-state index is 12.0. The van der Waals surface area contributed by atoms with Crippen LogP contribution in [0.4, 0.5) is 0 Å². The molecule has 0 saturated heterocycles. The lowest BCUT2D eigenvalue weighted by Crippen LogP contribution is -2.22. The first-order valence-electron chi connectivity index (χ1n) is 6.92. The number of hydrogen-bond donors (Lipinski definition) is 0. The molecule has 0 unspecified atom stereocenters. The van der Waals surface area contributed by atoms with E-state index in [1.807, 2.05) is 20.8 Å². The van der Waals surface area contributed by atoms with Crippen LogP contribution >= 0.6 is 11.6 Å². The number of nitrogens with zero attached hydrogens (tertiary/aromatic N) is 2. The molecule has 1 aromatic heterocycles. The summed E-state index contributed by atoms with van der Waals surface area (Å²) >= 11 is 6.40. The highest BCUT2D eigenvalue weighted by molar-refractivity contribution is 6.32. The van der Waals surface area contributed by atoms with E-state index in [0.717, 1.165) is 28.2 Å². The summed E-state index contributed by atoms with van der Waals surface area (Å²) in [7, 11) is 3.29. The van der Waals surface area contributed by atoms with E-state index in [2.05, 4.69) is 11.9 Å². The maximum Gasteiger partial charge on any atom is 0.253 e. The summed E-state index contributed by atoms with van der Waals surface area (Å²) in [6.07, 6.45) is 0.888. The van der Waals surface area contributed by atoms with Gasteiger partial charge in [0.1, 0.15) is 5.82 Å². The number of hydrogen-bond acceptors (Lipinski definition) is 3. The Kier molecular flexibility index (Phi) is 6.37. The zero-order valence-electron chi connectivity index (χ0n) is 13.6. The molecular formula is C16H23ClN2O2. The highest BCUT2D eigenvalue weighted by Crippen LogP contribution is 2.27. The Morgan fingerprint density at radius 1 is 1.38 bits per heavy atom. The van der Waals surface area contributed by atoms with E-state index in [4.69, 9.17) is 16.3 Å². The normalized spacial score (nSPS) is 13.9. The van der Waals surface area contributed by atoms with Gasteiger partial charge in [-0.3, -0.25) is 9.36 Å². The predicted molar refractivity (Wildman–Crippen MR) is 87.3 cm³/mol. The van der Waals surface area contributed by atoms with Crippen LogP contribution in [-0.2, 0) is 18.4 Å². The Bertz CT molecular complexity index is 642. The van der Waals surface area contributed by atoms with E-state index < -0.39 is 0 Å². The van der Waals surface area contributed by atoms with Crippen molar-refractivity contribution in [3.05, 3.63) is 44.1 Å². The first-order valence-corrected chi connectivity index (χ1v) is 7.30. The molecule has 21 heavy (non-hydrogen) atoms. The van der Waals surface area contributed by atoms with Crippen LogP contribution in [0.15, 0.2) is 27.0 Å².